The molecule has 0 unspecified atom stereocenters. The van der Waals surface area contributed by atoms with E-state index in [4.69, 9.17) is 4.74 Å². The molecule has 0 spiro atoms. The van der Waals surface area contributed by atoms with E-state index in [1.54, 1.807) is 19.0 Å². The van der Waals surface area contributed by atoms with E-state index < -0.39 is 0 Å². The molecule has 3 aromatic carbocycles. The first kappa shape index (κ1) is 24.9. The minimum Gasteiger partial charge on any atom is -0.489 e. The monoisotopic (exact) mass is 481 g/mol. The molecule has 0 aliphatic carbocycles. The first-order valence-corrected chi connectivity index (χ1v) is 12.0. The van der Waals surface area contributed by atoms with Crippen LogP contribution in [0.1, 0.15) is 48.8 Å². The van der Waals surface area contributed by atoms with Crippen LogP contribution in [0, 0.1) is 13.8 Å². The maximum atomic E-state index is 13.0. The molecule has 4 rings (SSSR count). The van der Waals surface area contributed by atoms with Crippen molar-refractivity contribution in [3.05, 3.63) is 118 Å². The third-order valence-corrected chi connectivity index (χ3v) is 6.21. The number of aryl methyl sites for hydroxylation is 1. The van der Waals surface area contributed by atoms with Crippen LogP contribution >= 0.6 is 0 Å². The fraction of sp³-hybridized carbons (Fsp3) is 0.233. The van der Waals surface area contributed by atoms with Crippen LogP contribution in [0.3, 0.4) is 0 Å². The highest BCUT2D eigenvalue weighted by atomic mass is 16.5. The van der Waals surface area contributed by atoms with Crippen molar-refractivity contribution < 1.29 is 14.3 Å². The number of rotatable bonds is 9. The average molecular weight is 482 g/mol. The van der Waals surface area contributed by atoms with E-state index in [9.17, 15) is 9.59 Å². The summed E-state index contributed by atoms with van der Waals surface area (Å²) < 4.78 is 7.69. The lowest BCUT2D eigenvalue weighted by Gasteiger charge is -2.12. The fourth-order valence-corrected chi connectivity index (χ4v) is 4.11. The zero-order chi connectivity index (χ0) is 25.7. The summed E-state index contributed by atoms with van der Waals surface area (Å²) in [5, 5.41) is 4.68. The molecule has 0 bridgehead atoms. The van der Waals surface area contributed by atoms with Crippen LogP contribution in [0.5, 0.6) is 5.75 Å². The maximum Gasteiger partial charge on any atom is 0.253 e. The summed E-state index contributed by atoms with van der Waals surface area (Å²) in [5.74, 6) is 0.834. The standard InChI is InChI=1S/C30H31N3O3/c1-21-28(22(2)33(31-21)19-24-9-8-10-26(17-24)30(35)32(3)4)18-29(34)25-15-13-23(14-16-25)20-36-27-11-6-5-7-12-27/h5-17H,18-20H2,1-4H3. The van der Waals surface area contributed by atoms with Crippen LogP contribution in [-0.2, 0) is 19.6 Å². The van der Waals surface area contributed by atoms with Gasteiger partial charge in [0.1, 0.15) is 12.4 Å². The molecule has 0 aliphatic rings. The number of ketones is 1. The SMILES string of the molecule is Cc1nn(Cc2cccc(C(=O)N(C)C)c2)c(C)c1CC(=O)c1ccc(COc2ccccc2)cc1. The number of para-hydroxylation sites is 1. The molecule has 4 aromatic rings. The van der Waals surface area contributed by atoms with Gasteiger partial charge in [-0.25, -0.2) is 0 Å². The van der Waals surface area contributed by atoms with Crippen molar-refractivity contribution in [3.8, 4) is 5.75 Å². The topological polar surface area (TPSA) is 64.4 Å². The van der Waals surface area contributed by atoms with Gasteiger partial charge in [-0.1, -0.05) is 54.6 Å². The normalized spacial score (nSPS) is 10.8. The lowest BCUT2D eigenvalue weighted by molar-refractivity contribution is 0.0827. The molecule has 0 radical (unpaired) electrons. The van der Waals surface area contributed by atoms with E-state index >= 15 is 0 Å². The Labute approximate surface area is 212 Å². The van der Waals surface area contributed by atoms with Crippen molar-refractivity contribution >= 4 is 11.7 Å². The first-order chi connectivity index (χ1) is 17.3. The molecule has 6 nitrogen and oxygen atoms in total. The van der Waals surface area contributed by atoms with Crippen LogP contribution in [0.2, 0.25) is 0 Å². The third-order valence-electron chi connectivity index (χ3n) is 6.21. The predicted octanol–water partition coefficient (Wildman–Crippen LogP) is 5.25. The molecule has 0 N–H and O–H groups in total. The molecule has 1 amide bonds. The Kier molecular flexibility index (Phi) is 7.64. The summed E-state index contributed by atoms with van der Waals surface area (Å²) >= 11 is 0. The van der Waals surface area contributed by atoms with Gasteiger partial charge in [-0.05, 0) is 49.2 Å². The maximum absolute atomic E-state index is 13.0. The largest absolute Gasteiger partial charge is 0.489 e. The second-order valence-electron chi connectivity index (χ2n) is 9.11. The van der Waals surface area contributed by atoms with Gasteiger partial charge in [0.25, 0.3) is 5.91 Å². The summed E-state index contributed by atoms with van der Waals surface area (Å²) in [4.78, 5) is 26.9. The van der Waals surface area contributed by atoms with Crippen LogP contribution in [0.25, 0.3) is 0 Å². The molecule has 1 aromatic heterocycles. The summed E-state index contributed by atoms with van der Waals surface area (Å²) in [6, 6.07) is 24.8. The highest BCUT2D eigenvalue weighted by Gasteiger charge is 2.17. The summed E-state index contributed by atoms with van der Waals surface area (Å²) in [6.07, 6.45) is 0.288. The molecular weight excluding hydrogens is 450 g/mol. The molecule has 0 saturated carbocycles. The van der Waals surface area contributed by atoms with E-state index in [0.717, 1.165) is 33.8 Å². The quantitative estimate of drug-likeness (QED) is 0.306. The second-order valence-corrected chi connectivity index (χ2v) is 9.11. The highest BCUT2D eigenvalue weighted by molar-refractivity contribution is 5.97. The van der Waals surface area contributed by atoms with Crippen LogP contribution in [0.4, 0.5) is 0 Å². The number of carbonyl (C=O) groups excluding carboxylic acids is 2. The minimum absolute atomic E-state index is 0.0332. The number of hydrogen-bond donors (Lipinski definition) is 0. The van der Waals surface area contributed by atoms with Gasteiger partial charge in [-0.15, -0.1) is 0 Å². The van der Waals surface area contributed by atoms with E-state index in [1.165, 1.54) is 0 Å². The molecular formula is C30H31N3O3. The van der Waals surface area contributed by atoms with Crippen LogP contribution < -0.4 is 4.74 Å². The minimum atomic E-state index is -0.0332. The zero-order valence-electron chi connectivity index (χ0n) is 21.2. The number of Topliss-reactive ketones (excluding diaryl/α,β-unsaturated/α-hetero) is 1. The number of carbonyl (C=O) groups is 2. The predicted molar refractivity (Wildman–Crippen MR) is 141 cm³/mol. The van der Waals surface area contributed by atoms with Gasteiger partial charge in [0.15, 0.2) is 5.78 Å². The molecule has 1 heterocycles. The molecule has 184 valence electrons. The van der Waals surface area contributed by atoms with Gasteiger partial charge >= 0.3 is 0 Å². The van der Waals surface area contributed by atoms with Crippen molar-refractivity contribution in [2.24, 2.45) is 0 Å². The molecule has 36 heavy (non-hydrogen) atoms. The first-order valence-electron chi connectivity index (χ1n) is 12.0. The molecule has 0 fully saturated rings. The van der Waals surface area contributed by atoms with E-state index in [0.29, 0.717) is 24.3 Å². The van der Waals surface area contributed by atoms with Gasteiger partial charge in [-0.2, -0.15) is 5.10 Å². The lowest BCUT2D eigenvalue weighted by Crippen LogP contribution is -2.21. The Hall–Kier alpha value is -4.19. The molecule has 0 atom stereocenters. The Morgan fingerprint density at radius 3 is 2.28 bits per heavy atom. The number of benzene rings is 3. The summed E-state index contributed by atoms with van der Waals surface area (Å²) in [6.45, 7) is 4.90. The number of ether oxygens (including phenoxy) is 1. The van der Waals surface area contributed by atoms with Gasteiger partial charge in [0.2, 0.25) is 0 Å². The number of amides is 1. The fourth-order valence-electron chi connectivity index (χ4n) is 4.11. The Morgan fingerprint density at radius 1 is 0.861 bits per heavy atom. The van der Waals surface area contributed by atoms with Crippen LogP contribution in [-0.4, -0.2) is 40.5 Å². The highest BCUT2D eigenvalue weighted by Crippen LogP contribution is 2.19. The lowest BCUT2D eigenvalue weighted by atomic mass is 10.0. The second kappa shape index (κ2) is 11.0. The third kappa shape index (κ3) is 5.89. The van der Waals surface area contributed by atoms with E-state index in [-0.39, 0.29) is 18.1 Å². The van der Waals surface area contributed by atoms with Gasteiger partial charge in [-0.3, -0.25) is 14.3 Å². The Balaban J connectivity index is 1.42. The van der Waals surface area contributed by atoms with Crippen molar-refractivity contribution in [2.45, 2.75) is 33.4 Å². The summed E-state index contributed by atoms with van der Waals surface area (Å²) in [5.41, 5.74) is 6.04. The number of nitrogens with zero attached hydrogens (tertiary/aromatic N) is 3. The van der Waals surface area contributed by atoms with Gasteiger partial charge in [0, 0.05) is 42.9 Å². The molecule has 0 aliphatic heterocycles. The van der Waals surface area contributed by atoms with Crippen molar-refractivity contribution in [2.75, 3.05) is 14.1 Å². The molecule has 6 heteroatoms. The Morgan fingerprint density at radius 2 is 1.58 bits per heavy atom. The van der Waals surface area contributed by atoms with Gasteiger partial charge in [0.05, 0.1) is 12.2 Å². The average Bonchev–Trinajstić information content (AvgIpc) is 3.15. The van der Waals surface area contributed by atoms with E-state index in [1.807, 2.05) is 97.4 Å². The van der Waals surface area contributed by atoms with Crippen molar-refractivity contribution in [1.29, 1.82) is 0 Å². The Bertz CT molecular complexity index is 1360. The number of hydrogen-bond acceptors (Lipinski definition) is 4. The van der Waals surface area contributed by atoms with Gasteiger partial charge < -0.3 is 9.64 Å². The summed E-state index contributed by atoms with van der Waals surface area (Å²) in [7, 11) is 3.48. The zero-order valence-corrected chi connectivity index (χ0v) is 21.2. The molecule has 0 saturated heterocycles. The van der Waals surface area contributed by atoms with Crippen molar-refractivity contribution in [1.82, 2.24) is 14.7 Å². The van der Waals surface area contributed by atoms with Crippen molar-refractivity contribution in [3.63, 3.8) is 0 Å². The smallest absolute Gasteiger partial charge is 0.253 e. The van der Waals surface area contributed by atoms with Crippen LogP contribution in [0.15, 0.2) is 78.9 Å². The van der Waals surface area contributed by atoms with E-state index in [2.05, 4.69) is 5.10 Å². The number of aromatic nitrogens is 2.